The van der Waals surface area contributed by atoms with Gasteiger partial charge in [-0.2, -0.15) is 0 Å². The highest BCUT2D eigenvalue weighted by atomic mass is 19.3. The Morgan fingerprint density at radius 1 is 1.54 bits per heavy atom. The number of aromatic nitrogens is 1. The largest absolute Gasteiger partial charge is 0.325 e. The summed E-state index contributed by atoms with van der Waals surface area (Å²) >= 11 is 0. The minimum Gasteiger partial charge on any atom is -0.325 e. The van der Waals surface area contributed by atoms with Gasteiger partial charge in [-0.25, -0.2) is 8.78 Å². The van der Waals surface area contributed by atoms with Crippen molar-refractivity contribution < 1.29 is 8.78 Å². The summed E-state index contributed by atoms with van der Waals surface area (Å²) in [7, 11) is 0. The third kappa shape index (κ3) is 2.73. The zero-order valence-corrected chi connectivity index (χ0v) is 7.43. The SMILES string of the molecule is Cc1ncccc1CC(F)(F)CN. The Kier molecular flexibility index (Phi) is 2.93. The molecule has 1 aromatic heterocycles. The minimum atomic E-state index is -2.83. The van der Waals surface area contributed by atoms with E-state index in [0.29, 0.717) is 11.3 Å². The Morgan fingerprint density at radius 3 is 2.77 bits per heavy atom. The van der Waals surface area contributed by atoms with Gasteiger partial charge in [0, 0.05) is 18.3 Å². The summed E-state index contributed by atoms with van der Waals surface area (Å²) in [5.74, 6) is -2.83. The molecule has 0 unspecified atom stereocenters. The quantitative estimate of drug-likeness (QED) is 0.777. The molecule has 0 amide bonds. The van der Waals surface area contributed by atoms with E-state index in [9.17, 15) is 8.78 Å². The van der Waals surface area contributed by atoms with Crippen LogP contribution in [-0.4, -0.2) is 17.5 Å². The van der Waals surface area contributed by atoms with Crippen LogP contribution >= 0.6 is 0 Å². The number of rotatable bonds is 3. The van der Waals surface area contributed by atoms with Crippen LogP contribution < -0.4 is 5.73 Å². The molecule has 1 heterocycles. The third-order valence-corrected chi connectivity index (χ3v) is 1.86. The average molecular weight is 186 g/mol. The Hall–Kier alpha value is -1.03. The second kappa shape index (κ2) is 3.79. The molecule has 0 aromatic carbocycles. The molecule has 1 rings (SSSR count). The summed E-state index contributed by atoms with van der Waals surface area (Å²) in [6.07, 6.45) is 1.25. The first-order chi connectivity index (χ1) is 6.05. The van der Waals surface area contributed by atoms with Crippen molar-refractivity contribution in [3.8, 4) is 0 Å². The van der Waals surface area contributed by atoms with Gasteiger partial charge in [-0.1, -0.05) is 6.07 Å². The number of nitrogens with zero attached hydrogens (tertiary/aromatic N) is 1. The molecule has 4 heteroatoms. The van der Waals surface area contributed by atoms with Gasteiger partial charge in [-0.3, -0.25) is 4.98 Å². The van der Waals surface area contributed by atoms with Crippen LogP contribution in [0.4, 0.5) is 8.78 Å². The molecular weight excluding hydrogens is 174 g/mol. The molecule has 13 heavy (non-hydrogen) atoms. The number of hydrogen-bond donors (Lipinski definition) is 1. The normalized spacial score (nSPS) is 11.7. The minimum absolute atomic E-state index is 0.330. The number of halogens is 2. The van der Waals surface area contributed by atoms with Crippen molar-refractivity contribution in [2.45, 2.75) is 19.3 Å². The first-order valence-electron chi connectivity index (χ1n) is 4.03. The molecule has 0 aliphatic heterocycles. The first-order valence-corrected chi connectivity index (χ1v) is 4.03. The van der Waals surface area contributed by atoms with Crippen LogP contribution in [0, 0.1) is 6.92 Å². The molecule has 2 nitrogen and oxygen atoms in total. The van der Waals surface area contributed by atoms with Crippen LogP contribution in [0.15, 0.2) is 18.3 Å². The lowest BCUT2D eigenvalue weighted by Crippen LogP contribution is -2.30. The highest BCUT2D eigenvalue weighted by molar-refractivity contribution is 5.19. The number of aryl methyl sites for hydroxylation is 1. The number of pyridine rings is 1. The zero-order chi connectivity index (χ0) is 9.90. The van der Waals surface area contributed by atoms with Gasteiger partial charge in [0.1, 0.15) is 0 Å². The maximum atomic E-state index is 12.9. The molecule has 0 radical (unpaired) electrons. The van der Waals surface area contributed by atoms with Crippen molar-refractivity contribution >= 4 is 0 Å². The van der Waals surface area contributed by atoms with Crippen LogP contribution in [0.2, 0.25) is 0 Å². The van der Waals surface area contributed by atoms with E-state index in [1.54, 1.807) is 25.3 Å². The van der Waals surface area contributed by atoms with Gasteiger partial charge in [-0.05, 0) is 18.6 Å². The topological polar surface area (TPSA) is 38.9 Å². The van der Waals surface area contributed by atoms with Crippen molar-refractivity contribution in [3.63, 3.8) is 0 Å². The average Bonchev–Trinajstić information content (AvgIpc) is 2.09. The molecule has 72 valence electrons. The monoisotopic (exact) mass is 186 g/mol. The molecule has 0 saturated heterocycles. The predicted molar refractivity (Wildman–Crippen MR) is 46.7 cm³/mol. The van der Waals surface area contributed by atoms with E-state index in [0.717, 1.165) is 0 Å². The summed E-state index contributed by atoms with van der Waals surface area (Å²) in [5, 5.41) is 0. The lowest BCUT2D eigenvalue weighted by molar-refractivity contribution is 0.0112. The van der Waals surface area contributed by atoms with Gasteiger partial charge in [-0.15, -0.1) is 0 Å². The first kappa shape index (κ1) is 10.1. The molecule has 0 aliphatic rings. The summed E-state index contributed by atoms with van der Waals surface area (Å²) in [5.41, 5.74) is 6.12. The van der Waals surface area contributed by atoms with Gasteiger partial charge in [0.05, 0.1) is 6.54 Å². The number of alkyl halides is 2. The Bertz CT molecular complexity index is 287. The van der Waals surface area contributed by atoms with Crippen molar-refractivity contribution in [2.24, 2.45) is 5.73 Å². The van der Waals surface area contributed by atoms with Crippen LogP contribution in [-0.2, 0) is 6.42 Å². The van der Waals surface area contributed by atoms with Crippen LogP contribution in [0.5, 0.6) is 0 Å². The van der Waals surface area contributed by atoms with E-state index in [4.69, 9.17) is 5.73 Å². The highest BCUT2D eigenvalue weighted by Crippen LogP contribution is 2.19. The van der Waals surface area contributed by atoms with E-state index < -0.39 is 12.5 Å². The Morgan fingerprint density at radius 2 is 2.23 bits per heavy atom. The summed E-state index contributed by atoms with van der Waals surface area (Å²) in [6, 6.07) is 3.29. The maximum Gasteiger partial charge on any atom is 0.264 e. The summed E-state index contributed by atoms with van der Waals surface area (Å²) in [6.45, 7) is 1.09. The Balaban J connectivity index is 2.80. The molecule has 0 spiro atoms. The summed E-state index contributed by atoms with van der Waals surface area (Å²) in [4.78, 5) is 3.92. The lowest BCUT2D eigenvalue weighted by atomic mass is 10.1. The van der Waals surface area contributed by atoms with Crippen molar-refractivity contribution in [3.05, 3.63) is 29.6 Å². The second-order valence-electron chi connectivity index (χ2n) is 2.98. The van der Waals surface area contributed by atoms with E-state index >= 15 is 0 Å². The summed E-state index contributed by atoms with van der Waals surface area (Å²) < 4.78 is 25.7. The molecule has 0 aliphatic carbocycles. The van der Waals surface area contributed by atoms with Gasteiger partial charge in [0.15, 0.2) is 0 Å². The predicted octanol–water partition coefficient (Wildman–Crippen LogP) is 1.53. The van der Waals surface area contributed by atoms with E-state index in [1.807, 2.05) is 0 Å². The zero-order valence-electron chi connectivity index (χ0n) is 7.43. The molecule has 0 saturated carbocycles. The van der Waals surface area contributed by atoms with Gasteiger partial charge in [0.2, 0.25) is 0 Å². The molecular formula is C9H12F2N2. The molecule has 0 fully saturated rings. The Labute approximate surface area is 75.8 Å². The second-order valence-corrected chi connectivity index (χ2v) is 2.98. The number of nitrogens with two attached hydrogens (primary N) is 1. The molecule has 1 aromatic rings. The van der Waals surface area contributed by atoms with Gasteiger partial charge < -0.3 is 5.73 Å². The van der Waals surface area contributed by atoms with Crippen molar-refractivity contribution in [2.75, 3.05) is 6.54 Å². The molecule has 0 bridgehead atoms. The molecule has 0 atom stereocenters. The fourth-order valence-corrected chi connectivity index (χ4v) is 1.06. The number of hydrogen-bond acceptors (Lipinski definition) is 2. The van der Waals surface area contributed by atoms with Gasteiger partial charge >= 0.3 is 0 Å². The third-order valence-electron chi connectivity index (χ3n) is 1.86. The maximum absolute atomic E-state index is 12.9. The lowest BCUT2D eigenvalue weighted by Gasteiger charge is -2.14. The van der Waals surface area contributed by atoms with E-state index in [1.165, 1.54) is 0 Å². The van der Waals surface area contributed by atoms with Crippen LogP contribution in [0.25, 0.3) is 0 Å². The van der Waals surface area contributed by atoms with Crippen LogP contribution in [0.1, 0.15) is 11.3 Å². The van der Waals surface area contributed by atoms with Crippen LogP contribution in [0.3, 0.4) is 0 Å². The van der Waals surface area contributed by atoms with E-state index in [2.05, 4.69) is 4.98 Å². The fraction of sp³-hybridized carbons (Fsp3) is 0.444. The fourth-order valence-electron chi connectivity index (χ4n) is 1.06. The standard InChI is InChI=1S/C9H12F2N2/c1-7-8(3-2-4-13-7)5-9(10,11)6-12/h2-4H,5-6,12H2,1H3. The van der Waals surface area contributed by atoms with E-state index in [-0.39, 0.29) is 6.42 Å². The van der Waals surface area contributed by atoms with Crippen molar-refractivity contribution in [1.82, 2.24) is 4.98 Å². The molecule has 2 N–H and O–H groups in total. The highest BCUT2D eigenvalue weighted by Gasteiger charge is 2.27. The van der Waals surface area contributed by atoms with Gasteiger partial charge in [0.25, 0.3) is 5.92 Å². The van der Waals surface area contributed by atoms with Crippen molar-refractivity contribution in [1.29, 1.82) is 0 Å². The smallest absolute Gasteiger partial charge is 0.264 e.